The van der Waals surface area contributed by atoms with E-state index in [9.17, 15) is 8.42 Å². The molecule has 4 rings (SSSR count). The summed E-state index contributed by atoms with van der Waals surface area (Å²) >= 11 is 0. The molecule has 126 valence electrons. The fourth-order valence-electron chi connectivity index (χ4n) is 3.36. The summed E-state index contributed by atoms with van der Waals surface area (Å²) in [5.41, 5.74) is 0.0431. The van der Waals surface area contributed by atoms with Gasteiger partial charge >= 0.3 is 0 Å². The molecule has 1 aromatic heterocycles. The van der Waals surface area contributed by atoms with E-state index in [0.717, 1.165) is 5.56 Å². The molecular formula is C16H18N4O3S. The second-order valence-corrected chi connectivity index (χ2v) is 7.82. The summed E-state index contributed by atoms with van der Waals surface area (Å²) in [7, 11) is -3.88. The lowest BCUT2D eigenvalue weighted by Crippen LogP contribution is -2.55. The maximum atomic E-state index is 12.7. The smallest absolute Gasteiger partial charge is 0.299 e. The maximum Gasteiger partial charge on any atom is 0.299 e. The molecule has 7 nitrogen and oxygen atoms in total. The number of aromatic nitrogens is 2. The largest absolute Gasteiger partial charge is 0.323 e. The molecule has 2 aliphatic heterocycles. The van der Waals surface area contributed by atoms with Crippen LogP contribution in [0.4, 0.5) is 5.82 Å². The Morgan fingerprint density at radius 2 is 2.08 bits per heavy atom. The molecule has 1 aromatic carbocycles. The van der Waals surface area contributed by atoms with E-state index in [0.29, 0.717) is 25.3 Å². The summed E-state index contributed by atoms with van der Waals surface area (Å²) in [4.78, 5) is 2.06. The molecule has 0 spiro atoms. The van der Waals surface area contributed by atoms with Crippen LogP contribution >= 0.6 is 0 Å². The van der Waals surface area contributed by atoms with Crippen molar-refractivity contribution in [3.05, 3.63) is 48.2 Å². The van der Waals surface area contributed by atoms with Crippen molar-refractivity contribution >= 4 is 15.9 Å². The van der Waals surface area contributed by atoms with Crippen molar-refractivity contribution in [1.82, 2.24) is 15.5 Å². The topological polar surface area (TPSA) is 84.4 Å². The Kier molecular flexibility index (Phi) is 3.56. The molecule has 0 saturated carbocycles. The highest BCUT2D eigenvalue weighted by Gasteiger charge is 2.55. The minimum atomic E-state index is -3.88. The quantitative estimate of drug-likeness (QED) is 0.829. The van der Waals surface area contributed by atoms with Crippen LogP contribution in [0.2, 0.25) is 0 Å². The van der Waals surface area contributed by atoms with E-state index in [1.54, 1.807) is 36.5 Å². The number of hydrogen-bond donors (Lipinski definition) is 1. The van der Waals surface area contributed by atoms with Crippen molar-refractivity contribution in [3.63, 3.8) is 0 Å². The average molecular weight is 346 g/mol. The van der Waals surface area contributed by atoms with Gasteiger partial charge in [-0.05, 0) is 31.2 Å². The Labute approximate surface area is 140 Å². The second kappa shape index (κ2) is 5.51. The summed E-state index contributed by atoms with van der Waals surface area (Å²) in [6.45, 7) is 2.98. The van der Waals surface area contributed by atoms with Gasteiger partial charge in [-0.1, -0.05) is 17.7 Å². The van der Waals surface area contributed by atoms with E-state index in [1.807, 2.05) is 17.9 Å². The number of aryl methyl sites for hydroxylation is 1. The third-order valence-corrected chi connectivity index (χ3v) is 5.92. The van der Waals surface area contributed by atoms with Gasteiger partial charge in [0.2, 0.25) is 0 Å². The summed E-state index contributed by atoms with van der Waals surface area (Å²) in [6.07, 6.45) is 2.18. The highest BCUT2D eigenvalue weighted by molar-refractivity contribution is 7.86. The molecule has 24 heavy (non-hydrogen) atoms. The minimum Gasteiger partial charge on any atom is -0.323 e. The molecule has 8 heteroatoms. The Balaban J connectivity index is 1.67. The lowest BCUT2D eigenvalue weighted by atomic mass is 10.2. The molecule has 2 aliphatic rings. The fourth-order valence-corrected chi connectivity index (χ4v) is 4.55. The van der Waals surface area contributed by atoms with Gasteiger partial charge in [0.05, 0.1) is 4.90 Å². The molecular weight excluding hydrogens is 328 g/mol. The zero-order chi connectivity index (χ0) is 16.8. The molecule has 0 radical (unpaired) electrons. The van der Waals surface area contributed by atoms with Crippen LogP contribution in [0, 0.1) is 6.92 Å². The van der Waals surface area contributed by atoms with Crippen LogP contribution in [0.3, 0.4) is 0 Å². The molecule has 2 fully saturated rings. The first-order valence-corrected chi connectivity index (χ1v) is 9.20. The first kappa shape index (κ1) is 15.5. The molecule has 0 aliphatic carbocycles. The van der Waals surface area contributed by atoms with Gasteiger partial charge in [0.1, 0.15) is 0 Å². The summed E-state index contributed by atoms with van der Waals surface area (Å²) in [6, 6.07) is 10.4. The zero-order valence-corrected chi connectivity index (χ0v) is 14.0. The van der Waals surface area contributed by atoms with Crippen molar-refractivity contribution in [3.8, 4) is 0 Å². The Bertz CT molecular complexity index is 841. The first-order chi connectivity index (χ1) is 11.5. The van der Waals surface area contributed by atoms with E-state index in [1.165, 1.54) is 0 Å². The molecule has 2 aromatic rings. The summed E-state index contributed by atoms with van der Waals surface area (Å²) in [5.74, 6) is 0.626. The zero-order valence-electron chi connectivity index (χ0n) is 13.2. The van der Waals surface area contributed by atoms with Crippen LogP contribution in [-0.2, 0) is 14.3 Å². The molecule has 2 bridgehead atoms. The van der Waals surface area contributed by atoms with Gasteiger partial charge in [-0.3, -0.25) is 0 Å². The molecule has 2 atom stereocenters. The number of hydrogen-bond acceptors (Lipinski definition) is 7. The molecule has 3 heterocycles. The van der Waals surface area contributed by atoms with Crippen molar-refractivity contribution < 1.29 is 12.6 Å². The lowest BCUT2D eigenvalue weighted by Gasteiger charge is -2.38. The number of anilines is 1. The number of rotatable bonds is 4. The first-order valence-electron chi connectivity index (χ1n) is 7.80. The van der Waals surface area contributed by atoms with Gasteiger partial charge in [-0.25, -0.2) is 4.18 Å². The molecule has 1 N–H and O–H groups in total. The highest BCUT2D eigenvalue weighted by Crippen LogP contribution is 2.40. The van der Waals surface area contributed by atoms with Gasteiger partial charge in [0.15, 0.2) is 11.5 Å². The van der Waals surface area contributed by atoms with Gasteiger partial charge in [0.25, 0.3) is 10.1 Å². The number of nitrogens with one attached hydrogen (secondary N) is 1. The molecule has 2 saturated heterocycles. The third-order valence-electron chi connectivity index (χ3n) is 4.54. The standard InChI is InChI=1S/C16H18N4O3S/c1-12-4-6-14(7-5-12)24(21,22)23-16-9-13(17-11-16)10-20(16)15-3-2-8-18-19-15/h2-8,13,17H,9-11H2,1H3/t13-,16-/m0/s1. The third kappa shape index (κ3) is 2.56. The normalized spacial score (nSPS) is 26.0. The lowest BCUT2D eigenvalue weighted by molar-refractivity contribution is 0.104. The van der Waals surface area contributed by atoms with Gasteiger partial charge in [-0.15, -0.1) is 5.10 Å². The molecule has 0 amide bonds. The monoisotopic (exact) mass is 346 g/mol. The van der Waals surface area contributed by atoms with E-state index in [2.05, 4.69) is 15.5 Å². The van der Waals surface area contributed by atoms with Gasteiger partial charge in [0, 0.05) is 31.7 Å². The van der Waals surface area contributed by atoms with Crippen LogP contribution in [-0.4, -0.2) is 43.5 Å². The average Bonchev–Trinajstić information content (AvgIpc) is 3.13. The summed E-state index contributed by atoms with van der Waals surface area (Å²) < 4.78 is 31.2. The predicted octanol–water partition coefficient (Wildman–Crippen LogP) is 1.07. The molecule has 0 unspecified atom stereocenters. The van der Waals surface area contributed by atoms with Gasteiger partial charge in [-0.2, -0.15) is 13.5 Å². The van der Waals surface area contributed by atoms with Crippen LogP contribution in [0.25, 0.3) is 0 Å². The SMILES string of the molecule is Cc1ccc(S(=O)(=O)O[C@@]23CN[C@H](CN2c2cccnn2)C3)cc1. The number of nitrogens with zero attached hydrogens (tertiary/aromatic N) is 3. The van der Waals surface area contributed by atoms with E-state index in [4.69, 9.17) is 4.18 Å². The van der Waals surface area contributed by atoms with Crippen molar-refractivity contribution in [1.29, 1.82) is 0 Å². The van der Waals surface area contributed by atoms with E-state index < -0.39 is 15.8 Å². The van der Waals surface area contributed by atoms with E-state index >= 15 is 0 Å². The Morgan fingerprint density at radius 3 is 2.75 bits per heavy atom. The Hall–Kier alpha value is -2.03. The maximum absolute atomic E-state index is 12.7. The van der Waals surface area contributed by atoms with Crippen LogP contribution < -0.4 is 10.2 Å². The highest BCUT2D eigenvalue weighted by atomic mass is 32.2. The van der Waals surface area contributed by atoms with Crippen LogP contribution in [0.1, 0.15) is 12.0 Å². The van der Waals surface area contributed by atoms with Crippen molar-refractivity contribution in [2.75, 3.05) is 18.0 Å². The predicted molar refractivity (Wildman–Crippen MR) is 88.0 cm³/mol. The minimum absolute atomic E-state index is 0.164. The van der Waals surface area contributed by atoms with Crippen molar-refractivity contribution in [2.45, 2.75) is 30.0 Å². The Morgan fingerprint density at radius 1 is 1.29 bits per heavy atom. The van der Waals surface area contributed by atoms with Crippen molar-refractivity contribution in [2.24, 2.45) is 0 Å². The summed E-state index contributed by atoms with van der Waals surface area (Å²) in [5, 5.41) is 11.3. The number of fused-ring (bicyclic) bond motifs is 2. The number of benzene rings is 1. The fraction of sp³-hybridized carbons (Fsp3) is 0.375. The second-order valence-electron chi connectivity index (χ2n) is 6.27. The van der Waals surface area contributed by atoms with Crippen LogP contribution in [0.5, 0.6) is 0 Å². The van der Waals surface area contributed by atoms with Gasteiger partial charge < -0.3 is 10.2 Å². The van der Waals surface area contributed by atoms with E-state index in [-0.39, 0.29) is 10.9 Å². The van der Waals surface area contributed by atoms with Crippen LogP contribution in [0.15, 0.2) is 47.5 Å². The number of piperazine rings is 1.